The van der Waals surface area contributed by atoms with Gasteiger partial charge in [-0.2, -0.15) is 6.67 Å². The summed E-state index contributed by atoms with van der Waals surface area (Å²) in [4.78, 5) is 12.9. The number of nitro groups is 1. The van der Waals surface area contributed by atoms with Crippen molar-refractivity contribution in [2.75, 3.05) is 36.7 Å². The number of aromatic hydroxyl groups is 1. The number of para-hydroxylation sites is 2. The second-order valence-corrected chi connectivity index (χ2v) is 15.5. The minimum absolute atomic E-state index is 0.0210. The van der Waals surface area contributed by atoms with Gasteiger partial charge in [0.05, 0.1) is 0 Å². The Morgan fingerprint density at radius 1 is 1.13 bits per heavy atom. The molecule has 3 aromatic carbocycles. The van der Waals surface area contributed by atoms with Gasteiger partial charge in [-0.3, -0.25) is 0 Å². The van der Waals surface area contributed by atoms with E-state index in [9.17, 15) is 10.1 Å². The van der Waals surface area contributed by atoms with E-state index in [1.807, 2.05) is 24.3 Å². The molecule has 2 N–H and O–H groups in total. The van der Waals surface area contributed by atoms with Crippen LogP contribution in [0.15, 0.2) is 54.6 Å². The van der Waals surface area contributed by atoms with Gasteiger partial charge >= 0.3 is 147 Å². The number of aryl methyl sites for hydroxylation is 3. The van der Waals surface area contributed by atoms with Crippen molar-refractivity contribution >= 4 is 53.0 Å². The summed E-state index contributed by atoms with van der Waals surface area (Å²) in [7, 11) is 13.6. The number of benzene rings is 3. The van der Waals surface area contributed by atoms with Crippen molar-refractivity contribution in [3.05, 3.63) is 99.2 Å². The van der Waals surface area contributed by atoms with E-state index in [1.54, 1.807) is 29.7 Å². The molecule has 4 rings (SSSR count). The molecule has 7 nitrogen and oxygen atoms in total. The van der Waals surface area contributed by atoms with Gasteiger partial charge in [0.25, 0.3) is 0 Å². The van der Waals surface area contributed by atoms with Crippen LogP contribution in [0, 0.1) is 37.6 Å². The third kappa shape index (κ3) is 8.92. The van der Waals surface area contributed by atoms with Crippen molar-refractivity contribution in [1.82, 2.24) is 4.31 Å². The van der Waals surface area contributed by atoms with Crippen LogP contribution >= 0.6 is 31.3 Å². The second kappa shape index (κ2) is 15.0. The molecule has 1 aliphatic heterocycles. The molecule has 39 heavy (non-hydrogen) atoms. The van der Waals surface area contributed by atoms with Crippen LogP contribution in [-0.2, 0) is 20.1 Å². The molecule has 1 fully saturated rings. The fraction of sp³-hybridized carbons (Fsp3) is 0.286. The van der Waals surface area contributed by atoms with Crippen molar-refractivity contribution in [1.29, 1.82) is 0 Å². The number of halogens is 2. The molecule has 1 heterocycles. The number of rotatable bonds is 8. The molecular weight excluding hydrogens is 644 g/mol. The number of nitrogens with one attached hydrogen (secondary N) is 1. The van der Waals surface area contributed by atoms with Crippen molar-refractivity contribution in [3.8, 4) is 5.75 Å². The minimum atomic E-state index is -2.08. The topological polar surface area (TPSA) is 74.5 Å². The van der Waals surface area contributed by atoms with Gasteiger partial charge < -0.3 is 9.21 Å². The summed E-state index contributed by atoms with van der Waals surface area (Å²) >= 11 is -0.301. The zero-order chi connectivity index (χ0) is 28.5. The summed E-state index contributed by atoms with van der Waals surface area (Å²) < 4.78 is 8.19. The molecule has 0 atom stereocenters. The molecular formula is C28H34Cl2N4O3RuS. The summed E-state index contributed by atoms with van der Waals surface area (Å²) in [5.74, 6) is 0.849. The predicted molar refractivity (Wildman–Crippen MR) is 164 cm³/mol. The zero-order valence-corrected chi connectivity index (χ0v) is 26.7. The number of nitrogens with zero attached hydrogens (tertiary/aromatic N) is 3. The van der Waals surface area contributed by atoms with Gasteiger partial charge in [0.2, 0.25) is 0 Å². The van der Waals surface area contributed by atoms with E-state index in [2.05, 4.69) is 65.1 Å². The monoisotopic (exact) mass is 678 g/mol. The van der Waals surface area contributed by atoms with E-state index < -0.39 is 18.4 Å². The Morgan fingerprint density at radius 3 is 2.41 bits per heavy atom. The van der Waals surface area contributed by atoms with Crippen LogP contribution in [0.3, 0.4) is 0 Å². The van der Waals surface area contributed by atoms with E-state index in [0.717, 1.165) is 30.1 Å². The SMILES string of the molecule is CSN1[CH-]N(c2c(C)cc(C)cc2C)CC1.C[OH+]c1ccccc1NCc1ccc([N+](=O)[O-])cc1[CH]=[Ru]([Cl])[Cl]. The molecule has 11 heteroatoms. The van der Waals surface area contributed by atoms with Crippen LogP contribution in [0.1, 0.15) is 27.8 Å². The van der Waals surface area contributed by atoms with Crippen molar-refractivity contribution in [3.63, 3.8) is 0 Å². The van der Waals surface area contributed by atoms with Crippen molar-refractivity contribution in [2.24, 2.45) is 0 Å². The third-order valence-electron chi connectivity index (χ3n) is 6.13. The van der Waals surface area contributed by atoms with E-state index >= 15 is 0 Å². The first-order valence-electron chi connectivity index (χ1n) is 12.2. The summed E-state index contributed by atoms with van der Waals surface area (Å²) in [5.41, 5.74) is 7.97. The molecule has 1 aliphatic rings. The Bertz CT molecular complexity index is 1310. The van der Waals surface area contributed by atoms with Crippen LogP contribution in [-0.4, -0.2) is 45.0 Å². The van der Waals surface area contributed by atoms with Gasteiger partial charge in [-0.25, -0.2) is 0 Å². The van der Waals surface area contributed by atoms with Gasteiger partial charge in [0.15, 0.2) is 0 Å². The van der Waals surface area contributed by atoms with Crippen molar-refractivity contribution in [2.45, 2.75) is 27.3 Å². The van der Waals surface area contributed by atoms with E-state index in [0.29, 0.717) is 12.1 Å². The number of nitro benzene ring substituents is 1. The molecule has 3 aromatic rings. The Balaban J connectivity index is 0.000000230. The molecule has 1 saturated heterocycles. The van der Waals surface area contributed by atoms with E-state index in [-0.39, 0.29) is 5.69 Å². The van der Waals surface area contributed by atoms with Crippen molar-refractivity contribution < 1.29 is 23.2 Å². The number of hydrogen-bond donors (Lipinski definition) is 1. The number of anilines is 2. The molecule has 0 spiro atoms. The van der Waals surface area contributed by atoms with Crippen LogP contribution in [0.2, 0.25) is 0 Å². The first-order chi connectivity index (χ1) is 18.6. The Labute approximate surface area is 248 Å². The summed E-state index contributed by atoms with van der Waals surface area (Å²) in [6, 6.07) is 16.9. The standard InChI is InChI=1S/C15H14N2O3.C13H19N2S.2ClH.Ru/c1-11-9-13(17(18)19)8-7-12(11)10-16-14-5-3-4-6-15(14)20-2;1-10-7-11(2)13(12(3)8-10)14-5-6-15(9-14)16-4;;;/h1,3-9,16H,10H2,2H3;7-9H,5-6H2,1-4H3;2*1H;/q;-1;;;+2/p-1. The van der Waals surface area contributed by atoms with Gasteiger partial charge in [0.1, 0.15) is 0 Å². The molecule has 0 unspecified atom stereocenters. The Hall–Kier alpha value is -2.16. The number of hydrogen-bond acceptors (Lipinski definition) is 6. The Morgan fingerprint density at radius 2 is 1.82 bits per heavy atom. The van der Waals surface area contributed by atoms with E-state index in [1.165, 1.54) is 34.5 Å². The average molecular weight is 679 g/mol. The van der Waals surface area contributed by atoms with Gasteiger partial charge in [0, 0.05) is 12.2 Å². The van der Waals surface area contributed by atoms with Gasteiger partial charge in [-0.05, 0) is 44.7 Å². The quantitative estimate of drug-likeness (QED) is 0.0514. The summed E-state index contributed by atoms with van der Waals surface area (Å²) in [6.07, 6.45) is 2.12. The average Bonchev–Trinajstić information content (AvgIpc) is 3.36. The number of aliphatic hydroxyl groups is 1. The number of ether oxygens (including phenoxy) is 1. The summed E-state index contributed by atoms with van der Waals surface area (Å²) in [5, 5.41) is 14.2. The molecule has 0 aromatic heterocycles. The van der Waals surface area contributed by atoms with E-state index in [4.69, 9.17) is 19.4 Å². The van der Waals surface area contributed by atoms with Gasteiger partial charge in [-0.15, -0.1) is 11.9 Å². The molecule has 0 radical (unpaired) electrons. The predicted octanol–water partition coefficient (Wildman–Crippen LogP) is 7.29. The molecule has 0 saturated carbocycles. The first-order valence-corrected chi connectivity index (χ1v) is 18.8. The fourth-order valence-corrected chi connectivity index (χ4v) is 6.79. The van der Waals surface area contributed by atoms with Gasteiger partial charge in [-0.1, -0.05) is 17.7 Å². The molecule has 0 amide bonds. The first kappa shape index (κ1) is 31.4. The zero-order valence-electron chi connectivity index (χ0n) is 22.6. The van der Waals surface area contributed by atoms with Crippen LogP contribution < -0.4 is 10.2 Å². The fourth-order valence-electron chi connectivity index (χ4n) is 4.45. The van der Waals surface area contributed by atoms with Crippen LogP contribution in [0.4, 0.5) is 17.1 Å². The summed E-state index contributed by atoms with van der Waals surface area (Å²) in [6.45, 7) is 11.5. The number of non-ortho nitro benzene ring substituents is 1. The van der Waals surface area contributed by atoms with Crippen LogP contribution in [0.25, 0.3) is 0 Å². The third-order valence-corrected chi connectivity index (χ3v) is 8.71. The normalized spacial score (nSPS) is 13.4. The van der Waals surface area contributed by atoms with Crippen LogP contribution in [0.5, 0.6) is 5.75 Å². The molecule has 212 valence electrons. The maximum absolute atomic E-state index is 10.9. The second-order valence-electron chi connectivity index (χ2n) is 8.92. The molecule has 0 bridgehead atoms. The Kier molecular flexibility index (Phi) is 12.1. The molecule has 0 aliphatic carbocycles. The maximum atomic E-state index is 10.9.